The normalized spacial score (nSPS) is 19.4. The molecule has 0 saturated carbocycles. The molecule has 2 aromatic carbocycles. The van der Waals surface area contributed by atoms with Crippen LogP contribution in [0.1, 0.15) is 44.2 Å². The van der Waals surface area contributed by atoms with Crippen LogP contribution < -0.4 is 0 Å². The summed E-state index contributed by atoms with van der Waals surface area (Å²) in [5.41, 5.74) is 11.4. The van der Waals surface area contributed by atoms with Gasteiger partial charge in [-0.1, -0.05) is 0 Å². The van der Waals surface area contributed by atoms with Crippen molar-refractivity contribution >= 4 is 30.7 Å². The number of hydrogen-bond donors (Lipinski definition) is 0. The third kappa shape index (κ3) is 3.84. The quantitative estimate of drug-likeness (QED) is 0.286. The molecular formula is C30H31Cl2HfSi. The van der Waals surface area contributed by atoms with Gasteiger partial charge >= 0.3 is 222 Å². The van der Waals surface area contributed by atoms with Crippen molar-refractivity contribution in [2.75, 3.05) is 0 Å². The van der Waals surface area contributed by atoms with Crippen LogP contribution in [0.4, 0.5) is 0 Å². The van der Waals surface area contributed by atoms with Crippen molar-refractivity contribution in [1.29, 1.82) is 0 Å². The average molecular weight is 669 g/mol. The van der Waals surface area contributed by atoms with Crippen molar-refractivity contribution in [3.05, 3.63) is 104 Å². The van der Waals surface area contributed by atoms with Crippen LogP contribution >= 0.6 is 17.2 Å². The first-order chi connectivity index (χ1) is 16.4. The van der Waals surface area contributed by atoms with Gasteiger partial charge in [0.05, 0.1) is 0 Å². The molecule has 34 heavy (non-hydrogen) atoms. The Kier molecular flexibility index (Phi) is 7.07. The third-order valence-corrected chi connectivity index (χ3v) is 15.7. The van der Waals surface area contributed by atoms with Crippen LogP contribution in [0, 0.1) is 11.8 Å². The second kappa shape index (κ2) is 9.77. The maximum absolute atomic E-state index is 6.96. The predicted molar refractivity (Wildman–Crippen MR) is 148 cm³/mol. The van der Waals surface area contributed by atoms with Crippen molar-refractivity contribution in [2.24, 2.45) is 11.8 Å². The Morgan fingerprint density at radius 1 is 0.912 bits per heavy atom. The second-order valence-corrected chi connectivity index (χ2v) is 24.0. The van der Waals surface area contributed by atoms with E-state index in [0.717, 1.165) is 6.42 Å². The molecule has 3 aliphatic carbocycles. The van der Waals surface area contributed by atoms with E-state index in [2.05, 4.69) is 101 Å². The van der Waals surface area contributed by atoms with Crippen molar-refractivity contribution in [3.63, 3.8) is 0 Å². The van der Waals surface area contributed by atoms with Gasteiger partial charge in [0, 0.05) is 0 Å². The van der Waals surface area contributed by atoms with Crippen LogP contribution in [0.3, 0.4) is 0 Å². The maximum atomic E-state index is 6.96. The summed E-state index contributed by atoms with van der Waals surface area (Å²) in [6, 6.07) is 18.0. The van der Waals surface area contributed by atoms with E-state index in [-0.39, 0.29) is 5.92 Å². The summed E-state index contributed by atoms with van der Waals surface area (Å²) < 4.78 is 1.33. The zero-order chi connectivity index (χ0) is 24.1. The van der Waals surface area contributed by atoms with E-state index >= 15 is 0 Å². The molecule has 3 aliphatic rings. The van der Waals surface area contributed by atoms with Gasteiger partial charge in [-0.05, 0) is 0 Å². The van der Waals surface area contributed by atoms with E-state index in [9.17, 15) is 0 Å². The molecule has 0 heterocycles. The van der Waals surface area contributed by atoms with Gasteiger partial charge in [0.2, 0.25) is 0 Å². The second-order valence-electron chi connectivity index (χ2n) is 10.0. The predicted octanol–water partition coefficient (Wildman–Crippen LogP) is 8.98. The standard InChI is InChI=1S/C30H31Si.2ClH.Hf/c1-6-20-18-21-12-11-17-26(31(4)5)27(19(2)3)29(21)28(20)30-24-15-9-7-13-22(24)23-14-8-10-16-25(23)30;;;/h7-17,19,27,30H,6H2,1-5H3;2*1H;/q;;;+2/p-2. The molecule has 1 atom stereocenters. The zero-order valence-electron chi connectivity index (χ0n) is 20.5. The SMILES string of the molecule is CCC1=[C]([Hf]([Cl])[Cl])C2=CC=CC(=[Si](C)C)C(C(C)C)C2=C1C1c2ccccc2-c2ccccc21. The Balaban J connectivity index is 1.90. The van der Waals surface area contributed by atoms with E-state index < -0.39 is 27.5 Å². The van der Waals surface area contributed by atoms with Crippen LogP contribution in [0.5, 0.6) is 0 Å². The topological polar surface area (TPSA) is 0 Å². The number of rotatable bonds is 4. The van der Waals surface area contributed by atoms with Gasteiger partial charge in [0.25, 0.3) is 0 Å². The first kappa shape index (κ1) is 24.6. The van der Waals surface area contributed by atoms with E-state index in [4.69, 9.17) is 17.2 Å². The molecule has 0 nitrogen and oxygen atoms in total. The van der Waals surface area contributed by atoms with Crippen molar-refractivity contribution in [3.8, 4) is 11.1 Å². The molecule has 0 saturated heterocycles. The van der Waals surface area contributed by atoms with Crippen molar-refractivity contribution in [2.45, 2.75) is 46.2 Å². The number of allylic oxidation sites excluding steroid dienone is 8. The van der Waals surface area contributed by atoms with Gasteiger partial charge in [-0.25, -0.2) is 0 Å². The first-order valence-corrected chi connectivity index (χ1v) is 25.5. The average Bonchev–Trinajstić information content (AvgIpc) is 3.22. The number of benzene rings is 2. The Morgan fingerprint density at radius 3 is 2.00 bits per heavy atom. The fourth-order valence-corrected chi connectivity index (χ4v) is 14.8. The molecule has 2 aromatic rings. The molecule has 0 aromatic heterocycles. The van der Waals surface area contributed by atoms with Crippen LogP contribution in [-0.2, 0) is 19.1 Å². The number of halogens is 2. The molecule has 0 spiro atoms. The summed E-state index contributed by atoms with van der Waals surface area (Å²) in [4.78, 5) is 0. The minimum atomic E-state index is -2.92. The zero-order valence-corrected chi connectivity index (χ0v) is 26.7. The fourth-order valence-electron chi connectivity index (χ4n) is 6.30. The van der Waals surface area contributed by atoms with E-state index in [0.29, 0.717) is 11.8 Å². The molecule has 173 valence electrons. The summed E-state index contributed by atoms with van der Waals surface area (Å²) in [5, 5.41) is 1.62. The van der Waals surface area contributed by atoms with E-state index in [1.54, 1.807) is 5.17 Å². The molecule has 1 unspecified atom stereocenters. The number of hydrogen-bond acceptors (Lipinski definition) is 0. The Morgan fingerprint density at radius 2 is 1.50 bits per heavy atom. The van der Waals surface area contributed by atoms with Gasteiger partial charge in [-0.2, -0.15) is 0 Å². The molecule has 0 aliphatic heterocycles. The summed E-state index contributed by atoms with van der Waals surface area (Å²) in [6.07, 6.45) is 7.99. The van der Waals surface area contributed by atoms with Gasteiger partial charge in [0.15, 0.2) is 0 Å². The molecule has 0 N–H and O–H groups in total. The van der Waals surface area contributed by atoms with Gasteiger partial charge in [0.1, 0.15) is 0 Å². The Labute approximate surface area is 221 Å². The van der Waals surface area contributed by atoms with Crippen molar-refractivity contribution < 1.29 is 19.1 Å². The monoisotopic (exact) mass is 669 g/mol. The third-order valence-electron chi connectivity index (χ3n) is 7.57. The molecule has 5 rings (SSSR count). The van der Waals surface area contributed by atoms with Crippen LogP contribution in [-0.4, -0.2) is 13.6 Å². The fraction of sp³-hybridized carbons (Fsp3) is 0.300. The van der Waals surface area contributed by atoms with E-state index in [1.165, 1.54) is 47.9 Å². The minimum absolute atomic E-state index is 0.238. The first-order valence-electron chi connectivity index (χ1n) is 12.3. The van der Waals surface area contributed by atoms with Crippen LogP contribution in [0.15, 0.2) is 92.4 Å². The molecule has 0 fully saturated rings. The van der Waals surface area contributed by atoms with Gasteiger partial charge < -0.3 is 0 Å². The van der Waals surface area contributed by atoms with Gasteiger partial charge in [-0.15, -0.1) is 0 Å². The molecular weight excluding hydrogens is 638 g/mol. The summed E-state index contributed by atoms with van der Waals surface area (Å²) in [6.45, 7) is 11.9. The van der Waals surface area contributed by atoms with Crippen molar-refractivity contribution in [1.82, 2.24) is 0 Å². The Hall–Kier alpha value is -1.06. The van der Waals surface area contributed by atoms with Crippen LogP contribution in [0.2, 0.25) is 13.1 Å². The summed E-state index contributed by atoms with van der Waals surface area (Å²) in [5.74, 6) is 1.15. The Bertz CT molecular complexity index is 1270. The molecule has 0 bridgehead atoms. The summed E-state index contributed by atoms with van der Waals surface area (Å²) in [7, 11) is 13.3. The molecule has 4 heteroatoms. The molecule has 0 amide bonds. The number of fused-ring (bicyclic) bond motifs is 4. The molecule has 0 radical (unpaired) electrons. The summed E-state index contributed by atoms with van der Waals surface area (Å²) >= 11 is -2.92. The van der Waals surface area contributed by atoms with E-state index in [1.807, 2.05) is 0 Å². The van der Waals surface area contributed by atoms with Gasteiger partial charge in [-0.3, -0.25) is 0 Å². The van der Waals surface area contributed by atoms with Crippen LogP contribution in [0.25, 0.3) is 11.1 Å².